The molecule has 4 heteroatoms. The Hall–Kier alpha value is -0.690. The van der Waals surface area contributed by atoms with E-state index in [2.05, 4.69) is 24.6 Å². The van der Waals surface area contributed by atoms with E-state index in [-0.39, 0.29) is 5.91 Å². The van der Waals surface area contributed by atoms with Gasteiger partial charge in [0.25, 0.3) is 0 Å². The molecule has 0 spiro atoms. The van der Waals surface area contributed by atoms with Gasteiger partial charge in [0.1, 0.15) is 5.41 Å². The highest BCUT2D eigenvalue weighted by atomic mass is 32.2. The zero-order valence-corrected chi connectivity index (χ0v) is 12.3. The Kier molecular flexibility index (Phi) is 6.56. The molecule has 0 aromatic carbocycles. The molecule has 1 amide bonds. The van der Waals surface area contributed by atoms with Crippen LogP contribution in [0, 0.1) is 22.7 Å². The fourth-order valence-electron chi connectivity index (χ4n) is 2.55. The zero-order chi connectivity index (χ0) is 13.4. The van der Waals surface area contributed by atoms with E-state index in [0.717, 1.165) is 32.2 Å². The van der Waals surface area contributed by atoms with E-state index < -0.39 is 5.41 Å². The highest BCUT2D eigenvalue weighted by molar-refractivity contribution is 7.98. The van der Waals surface area contributed by atoms with Crippen LogP contribution in [0.1, 0.15) is 45.4 Å². The minimum atomic E-state index is -0.710. The first-order valence-corrected chi connectivity index (χ1v) is 8.22. The molecule has 0 saturated heterocycles. The molecule has 1 saturated carbocycles. The Bertz CT molecular complexity index is 305. The molecule has 0 aromatic rings. The highest BCUT2D eigenvalue weighted by Gasteiger charge is 2.48. The van der Waals surface area contributed by atoms with Crippen molar-refractivity contribution in [1.29, 1.82) is 5.26 Å². The molecule has 1 rings (SSSR count). The van der Waals surface area contributed by atoms with Crippen LogP contribution < -0.4 is 5.32 Å². The quantitative estimate of drug-likeness (QED) is 0.689. The number of nitrogens with one attached hydrogen (secondary N) is 1. The molecule has 0 bridgehead atoms. The standard InChI is InChI=1S/C14H24N2OS/c1-12-9-14(10-12,11-15)13(17)16-7-5-3-4-6-8-18-2/h12H,3-10H2,1-2H3,(H,16,17). The van der Waals surface area contributed by atoms with Crippen molar-refractivity contribution in [3.05, 3.63) is 0 Å². The average Bonchev–Trinajstić information content (AvgIpc) is 2.33. The van der Waals surface area contributed by atoms with Crippen molar-refractivity contribution in [1.82, 2.24) is 5.32 Å². The summed E-state index contributed by atoms with van der Waals surface area (Å²) in [4.78, 5) is 11.9. The van der Waals surface area contributed by atoms with Crippen LogP contribution in [0.5, 0.6) is 0 Å². The molecule has 0 aliphatic heterocycles. The van der Waals surface area contributed by atoms with Gasteiger partial charge >= 0.3 is 0 Å². The fraction of sp³-hybridized carbons (Fsp3) is 0.857. The van der Waals surface area contributed by atoms with Gasteiger partial charge < -0.3 is 5.32 Å². The third-order valence-corrected chi connectivity index (χ3v) is 4.30. The third-order valence-electron chi connectivity index (χ3n) is 3.60. The first kappa shape index (κ1) is 15.4. The number of nitrogens with zero attached hydrogens (tertiary/aromatic N) is 1. The zero-order valence-electron chi connectivity index (χ0n) is 11.5. The summed E-state index contributed by atoms with van der Waals surface area (Å²) in [7, 11) is 0. The van der Waals surface area contributed by atoms with E-state index in [0.29, 0.717) is 5.92 Å². The summed E-state index contributed by atoms with van der Waals surface area (Å²) >= 11 is 1.88. The van der Waals surface area contributed by atoms with Crippen molar-refractivity contribution in [3.63, 3.8) is 0 Å². The Morgan fingerprint density at radius 3 is 2.61 bits per heavy atom. The van der Waals surface area contributed by atoms with Gasteiger partial charge in [-0.25, -0.2) is 0 Å². The normalized spacial score (nSPS) is 26.2. The van der Waals surface area contributed by atoms with Crippen LogP contribution in [0.15, 0.2) is 0 Å². The fourth-order valence-corrected chi connectivity index (χ4v) is 3.05. The number of carbonyl (C=O) groups excluding carboxylic acids is 1. The first-order valence-electron chi connectivity index (χ1n) is 6.83. The molecule has 0 heterocycles. The molecule has 1 aliphatic carbocycles. The van der Waals surface area contributed by atoms with Gasteiger partial charge in [0.15, 0.2) is 0 Å². The van der Waals surface area contributed by atoms with Crippen LogP contribution >= 0.6 is 11.8 Å². The van der Waals surface area contributed by atoms with Crippen LogP contribution in [0.25, 0.3) is 0 Å². The van der Waals surface area contributed by atoms with E-state index >= 15 is 0 Å². The number of amides is 1. The van der Waals surface area contributed by atoms with E-state index in [1.54, 1.807) is 0 Å². The second kappa shape index (κ2) is 7.68. The van der Waals surface area contributed by atoms with Crippen molar-refractivity contribution in [3.8, 4) is 6.07 Å². The predicted octanol–water partition coefficient (Wildman–Crippen LogP) is 2.97. The van der Waals surface area contributed by atoms with E-state index in [4.69, 9.17) is 5.26 Å². The van der Waals surface area contributed by atoms with Crippen molar-refractivity contribution >= 4 is 17.7 Å². The van der Waals surface area contributed by atoms with Gasteiger partial charge in [0.2, 0.25) is 5.91 Å². The molecule has 3 nitrogen and oxygen atoms in total. The lowest BCUT2D eigenvalue weighted by molar-refractivity contribution is -0.133. The molecule has 0 atom stereocenters. The molecule has 0 radical (unpaired) electrons. The van der Waals surface area contributed by atoms with Crippen LogP contribution in [0.2, 0.25) is 0 Å². The van der Waals surface area contributed by atoms with Gasteiger partial charge in [-0.3, -0.25) is 4.79 Å². The number of rotatable bonds is 8. The Morgan fingerprint density at radius 1 is 1.39 bits per heavy atom. The number of thioether (sulfide) groups is 1. The topological polar surface area (TPSA) is 52.9 Å². The summed E-state index contributed by atoms with van der Waals surface area (Å²) in [5.41, 5.74) is -0.710. The Morgan fingerprint density at radius 2 is 2.06 bits per heavy atom. The SMILES string of the molecule is CSCCCCCCNC(=O)C1(C#N)CC(C)C1. The molecular weight excluding hydrogens is 244 g/mol. The van der Waals surface area contributed by atoms with Crippen molar-refractivity contribution < 1.29 is 4.79 Å². The minimum absolute atomic E-state index is 0.0489. The van der Waals surface area contributed by atoms with Gasteiger partial charge in [0, 0.05) is 6.54 Å². The summed E-state index contributed by atoms with van der Waals surface area (Å²) in [6.07, 6.45) is 8.26. The molecule has 102 valence electrons. The summed E-state index contributed by atoms with van der Waals surface area (Å²) in [6, 6.07) is 2.20. The lowest BCUT2D eigenvalue weighted by Gasteiger charge is -2.39. The summed E-state index contributed by atoms with van der Waals surface area (Å²) in [5.74, 6) is 1.69. The third kappa shape index (κ3) is 4.20. The molecule has 0 unspecified atom stereocenters. The summed E-state index contributed by atoms with van der Waals surface area (Å²) in [5, 5.41) is 12.0. The van der Waals surface area contributed by atoms with Gasteiger partial charge in [-0.1, -0.05) is 19.8 Å². The monoisotopic (exact) mass is 268 g/mol. The van der Waals surface area contributed by atoms with Crippen molar-refractivity contribution in [2.75, 3.05) is 18.6 Å². The molecule has 0 aromatic heterocycles. The number of carbonyl (C=O) groups is 1. The second-order valence-corrected chi connectivity index (χ2v) is 6.36. The van der Waals surface area contributed by atoms with E-state index in [1.807, 2.05) is 11.8 Å². The van der Waals surface area contributed by atoms with Crippen molar-refractivity contribution in [2.45, 2.75) is 45.4 Å². The van der Waals surface area contributed by atoms with Crippen molar-refractivity contribution in [2.24, 2.45) is 11.3 Å². The Balaban J connectivity index is 2.09. The second-order valence-electron chi connectivity index (χ2n) is 5.37. The van der Waals surface area contributed by atoms with Crippen LogP contribution in [0.3, 0.4) is 0 Å². The van der Waals surface area contributed by atoms with Crippen LogP contribution in [-0.2, 0) is 4.79 Å². The van der Waals surface area contributed by atoms with Crippen LogP contribution in [0.4, 0.5) is 0 Å². The number of unbranched alkanes of at least 4 members (excludes halogenated alkanes) is 3. The smallest absolute Gasteiger partial charge is 0.240 e. The Labute approximate surface area is 115 Å². The van der Waals surface area contributed by atoms with Gasteiger partial charge in [0.05, 0.1) is 6.07 Å². The summed E-state index contributed by atoms with van der Waals surface area (Å²) in [6.45, 7) is 2.81. The lowest BCUT2D eigenvalue weighted by atomic mass is 9.63. The first-order chi connectivity index (χ1) is 8.64. The lowest BCUT2D eigenvalue weighted by Crippen LogP contribution is -2.48. The van der Waals surface area contributed by atoms with Gasteiger partial charge in [-0.15, -0.1) is 0 Å². The van der Waals surface area contributed by atoms with Gasteiger partial charge in [-0.05, 0) is 43.6 Å². The molecular formula is C14H24N2OS. The van der Waals surface area contributed by atoms with E-state index in [9.17, 15) is 4.79 Å². The summed E-state index contributed by atoms with van der Waals surface area (Å²) < 4.78 is 0. The number of nitriles is 1. The average molecular weight is 268 g/mol. The molecule has 18 heavy (non-hydrogen) atoms. The highest BCUT2D eigenvalue weighted by Crippen LogP contribution is 2.44. The molecule has 1 aliphatic rings. The molecule has 1 N–H and O–H groups in total. The largest absolute Gasteiger partial charge is 0.355 e. The maximum Gasteiger partial charge on any atom is 0.240 e. The predicted molar refractivity (Wildman–Crippen MR) is 76.3 cm³/mol. The van der Waals surface area contributed by atoms with Crippen LogP contribution in [-0.4, -0.2) is 24.5 Å². The number of hydrogen-bond donors (Lipinski definition) is 1. The van der Waals surface area contributed by atoms with E-state index in [1.165, 1.54) is 18.6 Å². The maximum absolute atomic E-state index is 11.9. The molecule has 1 fully saturated rings. The number of hydrogen-bond acceptors (Lipinski definition) is 3. The minimum Gasteiger partial charge on any atom is -0.355 e. The maximum atomic E-state index is 11.9. The van der Waals surface area contributed by atoms with Gasteiger partial charge in [-0.2, -0.15) is 17.0 Å².